The number of tetrazole rings is 1. The van der Waals surface area contributed by atoms with E-state index in [2.05, 4.69) is 25.7 Å². The van der Waals surface area contributed by atoms with Gasteiger partial charge in [0.1, 0.15) is 5.56 Å². The van der Waals surface area contributed by atoms with Crippen LogP contribution in [0.2, 0.25) is 0 Å². The van der Waals surface area contributed by atoms with E-state index in [9.17, 15) is 14.7 Å². The second-order valence-electron chi connectivity index (χ2n) is 8.54. The van der Waals surface area contributed by atoms with Gasteiger partial charge < -0.3 is 5.11 Å². The standard InChI is InChI=1S/C27H23N7O3/c1-17-6-5-7-21(14-17)34(18(2)35)26-24(27(36)37)16-33(30-26)15-19-10-12-20(13-11-19)22-8-3-4-9-23(22)25-28-31-32-29-25/h3-14,16H,15H2,1-2H3,(H,36,37)(H,28,29,31,32). The van der Waals surface area contributed by atoms with Crippen LogP contribution in [0.15, 0.2) is 79.0 Å². The number of carbonyl (C=O) groups is 2. The molecule has 5 rings (SSSR count). The van der Waals surface area contributed by atoms with Crippen LogP contribution >= 0.6 is 0 Å². The minimum absolute atomic E-state index is 0.0534. The Morgan fingerprint density at radius 2 is 1.76 bits per heavy atom. The SMILES string of the molecule is CC(=O)N(c1cccc(C)c1)c1nn(Cc2ccc(-c3ccccc3-c3nn[nH]n3)cc2)cc1C(=O)O. The summed E-state index contributed by atoms with van der Waals surface area (Å²) in [5.41, 5.74) is 5.15. The second kappa shape index (κ2) is 9.86. The molecule has 0 aliphatic carbocycles. The maximum Gasteiger partial charge on any atom is 0.341 e. The molecule has 1 amide bonds. The van der Waals surface area contributed by atoms with E-state index in [0.717, 1.165) is 27.8 Å². The summed E-state index contributed by atoms with van der Waals surface area (Å²) >= 11 is 0. The van der Waals surface area contributed by atoms with Gasteiger partial charge in [-0.15, -0.1) is 10.2 Å². The van der Waals surface area contributed by atoms with Crippen LogP contribution in [0.5, 0.6) is 0 Å². The van der Waals surface area contributed by atoms with E-state index >= 15 is 0 Å². The van der Waals surface area contributed by atoms with Gasteiger partial charge in [0.2, 0.25) is 11.7 Å². The Balaban J connectivity index is 1.45. The van der Waals surface area contributed by atoms with Crippen LogP contribution in [0.25, 0.3) is 22.5 Å². The zero-order chi connectivity index (χ0) is 25.9. The number of rotatable bonds is 7. The number of nitrogens with zero attached hydrogens (tertiary/aromatic N) is 6. The van der Waals surface area contributed by atoms with E-state index in [1.807, 2.05) is 73.7 Å². The van der Waals surface area contributed by atoms with Crippen molar-refractivity contribution in [1.29, 1.82) is 0 Å². The smallest absolute Gasteiger partial charge is 0.341 e. The molecule has 5 aromatic rings. The van der Waals surface area contributed by atoms with E-state index in [4.69, 9.17) is 0 Å². The molecule has 0 saturated carbocycles. The third-order valence-corrected chi connectivity index (χ3v) is 5.88. The number of nitrogens with one attached hydrogen (secondary N) is 1. The van der Waals surface area contributed by atoms with Crippen LogP contribution in [0.1, 0.15) is 28.4 Å². The fraction of sp³-hybridized carbons (Fsp3) is 0.111. The first-order chi connectivity index (χ1) is 17.9. The molecule has 2 N–H and O–H groups in total. The van der Waals surface area contributed by atoms with Crippen molar-refractivity contribution in [1.82, 2.24) is 30.4 Å². The summed E-state index contributed by atoms with van der Waals surface area (Å²) < 4.78 is 1.53. The van der Waals surface area contributed by atoms with Gasteiger partial charge >= 0.3 is 5.97 Å². The Labute approximate surface area is 212 Å². The monoisotopic (exact) mass is 493 g/mol. The molecular weight excluding hydrogens is 470 g/mol. The molecule has 2 aromatic heterocycles. The first kappa shape index (κ1) is 23.6. The van der Waals surface area contributed by atoms with E-state index in [0.29, 0.717) is 18.1 Å². The highest BCUT2D eigenvalue weighted by Crippen LogP contribution is 2.31. The topological polar surface area (TPSA) is 130 Å². The molecule has 0 aliphatic heterocycles. The molecule has 10 nitrogen and oxygen atoms in total. The number of H-pyrrole nitrogens is 1. The number of aromatic carboxylic acids is 1. The maximum absolute atomic E-state index is 12.6. The van der Waals surface area contributed by atoms with Crippen molar-refractivity contribution < 1.29 is 14.7 Å². The number of carbonyl (C=O) groups excluding carboxylic acids is 1. The van der Waals surface area contributed by atoms with Gasteiger partial charge in [-0.2, -0.15) is 10.3 Å². The van der Waals surface area contributed by atoms with Gasteiger partial charge in [-0.05, 0) is 46.5 Å². The minimum Gasteiger partial charge on any atom is -0.477 e. The Morgan fingerprint density at radius 1 is 1.00 bits per heavy atom. The van der Waals surface area contributed by atoms with Gasteiger partial charge in [-0.3, -0.25) is 14.4 Å². The number of aryl methyl sites for hydroxylation is 1. The zero-order valence-corrected chi connectivity index (χ0v) is 20.2. The molecule has 0 fully saturated rings. The molecule has 0 atom stereocenters. The quantitative estimate of drug-likeness (QED) is 0.342. The number of benzene rings is 3. The number of carboxylic acids is 1. The van der Waals surface area contributed by atoms with Crippen LogP contribution < -0.4 is 4.90 Å². The number of amides is 1. The van der Waals surface area contributed by atoms with Gasteiger partial charge in [-0.25, -0.2) is 4.79 Å². The van der Waals surface area contributed by atoms with Crippen LogP contribution in [0.4, 0.5) is 11.5 Å². The van der Waals surface area contributed by atoms with Gasteiger partial charge in [0.05, 0.1) is 12.2 Å². The Bertz CT molecular complexity index is 1570. The summed E-state index contributed by atoms with van der Waals surface area (Å²) in [5, 5.41) is 28.6. The molecular formula is C27H23N7O3. The fourth-order valence-electron chi connectivity index (χ4n) is 4.21. The van der Waals surface area contributed by atoms with Crippen LogP contribution in [0, 0.1) is 6.92 Å². The zero-order valence-electron chi connectivity index (χ0n) is 20.2. The summed E-state index contributed by atoms with van der Waals surface area (Å²) in [6.07, 6.45) is 1.45. The van der Waals surface area contributed by atoms with Crippen LogP contribution in [-0.2, 0) is 11.3 Å². The Kier molecular flexibility index (Phi) is 6.29. The van der Waals surface area contributed by atoms with E-state index < -0.39 is 5.97 Å². The lowest BCUT2D eigenvalue weighted by Crippen LogP contribution is -2.25. The average Bonchev–Trinajstić information content (AvgIpc) is 3.55. The fourth-order valence-corrected chi connectivity index (χ4v) is 4.21. The third kappa shape index (κ3) is 4.85. The largest absolute Gasteiger partial charge is 0.477 e. The predicted octanol–water partition coefficient (Wildman–Crippen LogP) is 4.47. The van der Waals surface area contributed by atoms with Crippen molar-refractivity contribution >= 4 is 23.4 Å². The summed E-state index contributed by atoms with van der Waals surface area (Å²) in [6, 6.07) is 22.9. The molecule has 0 unspecified atom stereocenters. The molecule has 10 heteroatoms. The van der Waals surface area contributed by atoms with E-state index in [1.54, 1.807) is 6.07 Å². The van der Waals surface area contributed by atoms with Crippen molar-refractivity contribution in [3.8, 4) is 22.5 Å². The lowest BCUT2D eigenvalue weighted by atomic mass is 9.98. The van der Waals surface area contributed by atoms with E-state index in [1.165, 1.54) is 22.7 Å². The molecule has 2 heterocycles. The average molecular weight is 494 g/mol. The number of carboxylic acid groups (broad SMARTS) is 1. The molecule has 0 saturated heterocycles. The molecule has 0 aliphatic rings. The van der Waals surface area contributed by atoms with Crippen LogP contribution in [-0.4, -0.2) is 47.4 Å². The summed E-state index contributed by atoms with van der Waals surface area (Å²) in [6.45, 7) is 3.62. The predicted molar refractivity (Wildman–Crippen MR) is 137 cm³/mol. The van der Waals surface area contributed by atoms with Gasteiger partial charge in [0.25, 0.3) is 0 Å². The van der Waals surface area contributed by atoms with Crippen molar-refractivity contribution in [3.05, 3.63) is 95.7 Å². The molecule has 184 valence electrons. The molecule has 0 radical (unpaired) electrons. The van der Waals surface area contributed by atoms with E-state index in [-0.39, 0.29) is 17.3 Å². The highest BCUT2D eigenvalue weighted by atomic mass is 16.4. The Hall–Kier alpha value is -5.12. The van der Waals surface area contributed by atoms with Crippen LogP contribution in [0.3, 0.4) is 0 Å². The van der Waals surface area contributed by atoms with Gasteiger partial charge in [-0.1, -0.05) is 60.7 Å². The highest BCUT2D eigenvalue weighted by molar-refractivity contribution is 6.04. The number of aromatic nitrogens is 6. The number of hydrogen-bond donors (Lipinski definition) is 2. The number of anilines is 2. The summed E-state index contributed by atoms with van der Waals surface area (Å²) in [5.74, 6) is -0.901. The highest BCUT2D eigenvalue weighted by Gasteiger charge is 2.25. The molecule has 3 aromatic carbocycles. The van der Waals surface area contributed by atoms with Gasteiger partial charge in [0, 0.05) is 18.7 Å². The third-order valence-electron chi connectivity index (χ3n) is 5.88. The van der Waals surface area contributed by atoms with Crippen molar-refractivity contribution in [2.45, 2.75) is 20.4 Å². The first-order valence-electron chi connectivity index (χ1n) is 11.5. The molecule has 37 heavy (non-hydrogen) atoms. The lowest BCUT2D eigenvalue weighted by Gasteiger charge is -2.19. The van der Waals surface area contributed by atoms with Crippen molar-refractivity contribution in [2.24, 2.45) is 0 Å². The first-order valence-corrected chi connectivity index (χ1v) is 11.5. The maximum atomic E-state index is 12.6. The van der Waals surface area contributed by atoms with Gasteiger partial charge in [0.15, 0.2) is 5.82 Å². The normalized spacial score (nSPS) is 10.9. The number of aromatic amines is 1. The summed E-state index contributed by atoms with van der Waals surface area (Å²) in [7, 11) is 0. The molecule has 0 bridgehead atoms. The van der Waals surface area contributed by atoms with Crippen molar-refractivity contribution in [2.75, 3.05) is 4.90 Å². The number of hydrogen-bond acceptors (Lipinski definition) is 6. The van der Waals surface area contributed by atoms with Crippen molar-refractivity contribution in [3.63, 3.8) is 0 Å². The summed E-state index contributed by atoms with van der Waals surface area (Å²) in [4.78, 5) is 25.9. The Morgan fingerprint density at radius 3 is 2.41 bits per heavy atom. The molecule has 0 spiro atoms. The lowest BCUT2D eigenvalue weighted by molar-refractivity contribution is -0.115. The minimum atomic E-state index is -1.16. The second-order valence-corrected chi connectivity index (χ2v) is 8.54.